The van der Waals surface area contributed by atoms with E-state index in [9.17, 15) is 4.79 Å². The van der Waals surface area contributed by atoms with E-state index in [2.05, 4.69) is 24.2 Å². The fourth-order valence-electron chi connectivity index (χ4n) is 0.977. The zero-order valence-electron chi connectivity index (χ0n) is 9.05. The van der Waals surface area contributed by atoms with Gasteiger partial charge < -0.3 is 11.1 Å². The molecule has 0 aliphatic carbocycles. The summed E-state index contributed by atoms with van der Waals surface area (Å²) in [5, 5.41) is 3.85. The molecule has 5 heteroatoms. The van der Waals surface area contributed by atoms with E-state index in [0.29, 0.717) is 0 Å². The van der Waals surface area contributed by atoms with Gasteiger partial charge in [0.05, 0.1) is 5.54 Å². The molecule has 1 aliphatic rings. The Labute approximate surface area is 88.7 Å². The molecule has 0 bridgehead atoms. The molecule has 4 nitrogen and oxygen atoms in total. The van der Waals surface area contributed by atoms with Crippen LogP contribution in [0.3, 0.4) is 0 Å². The number of nitrogens with zero attached hydrogens (tertiary/aromatic N) is 1. The zero-order valence-corrected chi connectivity index (χ0v) is 9.86. The van der Waals surface area contributed by atoms with Gasteiger partial charge in [0, 0.05) is 5.75 Å². The number of primary amides is 1. The summed E-state index contributed by atoms with van der Waals surface area (Å²) in [7, 11) is 0. The Bertz CT molecular complexity index is 284. The Kier molecular flexibility index (Phi) is 2.81. The first-order valence-electron chi connectivity index (χ1n) is 4.54. The lowest BCUT2D eigenvalue weighted by Gasteiger charge is -2.22. The van der Waals surface area contributed by atoms with E-state index < -0.39 is 5.54 Å². The minimum Gasteiger partial charge on any atom is -0.368 e. The number of nitrogens with one attached hydrogen (secondary N) is 1. The van der Waals surface area contributed by atoms with E-state index in [1.807, 2.05) is 0 Å². The molecule has 0 atom stereocenters. The van der Waals surface area contributed by atoms with E-state index in [0.717, 1.165) is 10.9 Å². The molecule has 0 unspecified atom stereocenters. The van der Waals surface area contributed by atoms with Crippen LogP contribution < -0.4 is 11.1 Å². The molecule has 1 aliphatic heterocycles. The van der Waals surface area contributed by atoms with Crippen LogP contribution in [0.2, 0.25) is 0 Å². The second-order valence-corrected chi connectivity index (χ2v) is 5.60. The number of rotatable bonds is 2. The van der Waals surface area contributed by atoms with Gasteiger partial charge in [0.2, 0.25) is 5.91 Å². The van der Waals surface area contributed by atoms with Gasteiger partial charge in [-0.3, -0.25) is 9.79 Å². The molecule has 3 N–H and O–H groups in total. The minimum atomic E-state index is -0.730. The Morgan fingerprint density at radius 3 is 2.57 bits per heavy atom. The highest BCUT2D eigenvalue weighted by Crippen LogP contribution is 2.26. The van der Waals surface area contributed by atoms with Crippen molar-refractivity contribution in [2.75, 3.05) is 5.75 Å². The summed E-state index contributed by atoms with van der Waals surface area (Å²) in [6.07, 6.45) is 0. The maximum absolute atomic E-state index is 11.1. The van der Waals surface area contributed by atoms with Crippen molar-refractivity contribution in [3.05, 3.63) is 0 Å². The summed E-state index contributed by atoms with van der Waals surface area (Å²) in [5.41, 5.74) is 4.48. The van der Waals surface area contributed by atoms with E-state index >= 15 is 0 Å². The van der Waals surface area contributed by atoms with Crippen molar-refractivity contribution in [1.82, 2.24) is 5.32 Å². The smallest absolute Gasteiger partial charge is 0.242 e. The molecule has 0 saturated heterocycles. The first-order valence-corrected chi connectivity index (χ1v) is 5.52. The third kappa shape index (κ3) is 2.64. The molecule has 0 spiro atoms. The number of amides is 1. The van der Waals surface area contributed by atoms with E-state index in [4.69, 9.17) is 5.73 Å². The third-order valence-corrected chi connectivity index (χ3v) is 3.32. The lowest BCUT2D eigenvalue weighted by Crippen LogP contribution is -2.52. The molecule has 1 amide bonds. The fourth-order valence-corrected chi connectivity index (χ4v) is 2.17. The van der Waals surface area contributed by atoms with Crippen molar-refractivity contribution < 1.29 is 4.79 Å². The Hall–Kier alpha value is -0.710. The summed E-state index contributed by atoms with van der Waals surface area (Å²) in [6, 6.07) is 0. The highest BCUT2D eigenvalue weighted by Gasteiger charge is 2.31. The topological polar surface area (TPSA) is 67.5 Å². The van der Waals surface area contributed by atoms with Gasteiger partial charge >= 0.3 is 0 Å². The zero-order chi connectivity index (χ0) is 11.0. The van der Waals surface area contributed by atoms with Crippen LogP contribution in [-0.2, 0) is 4.79 Å². The Morgan fingerprint density at radius 2 is 2.21 bits per heavy atom. The summed E-state index contributed by atoms with van der Waals surface area (Å²) in [5.74, 6) is 0.565. The lowest BCUT2D eigenvalue weighted by molar-refractivity contribution is -0.122. The summed E-state index contributed by atoms with van der Waals surface area (Å²) >= 11 is 1.62. The second kappa shape index (κ2) is 3.46. The highest BCUT2D eigenvalue weighted by molar-refractivity contribution is 8.14. The van der Waals surface area contributed by atoms with Crippen LogP contribution in [0.25, 0.3) is 0 Å². The van der Waals surface area contributed by atoms with E-state index in [1.165, 1.54) is 0 Å². The number of carbonyl (C=O) groups excluding carboxylic acids is 1. The number of thioether (sulfide) groups is 1. The molecular weight excluding hydrogens is 198 g/mol. The van der Waals surface area contributed by atoms with Crippen molar-refractivity contribution >= 4 is 22.8 Å². The number of aliphatic imine (C=N–C) groups is 1. The van der Waals surface area contributed by atoms with Gasteiger partial charge in [0.25, 0.3) is 0 Å². The van der Waals surface area contributed by atoms with Gasteiger partial charge in [-0.15, -0.1) is 0 Å². The van der Waals surface area contributed by atoms with Crippen molar-refractivity contribution in [2.24, 2.45) is 10.7 Å². The monoisotopic (exact) mass is 215 g/mol. The number of amidine groups is 1. The van der Waals surface area contributed by atoms with Crippen LogP contribution in [-0.4, -0.2) is 27.9 Å². The minimum absolute atomic E-state index is 0.0409. The van der Waals surface area contributed by atoms with Gasteiger partial charge in [-0.05, 0) is 27.7 Å². The number of hydrogen-bond donors (Lipinski definition) is 2. The quantitative estimate of drug-likeness (QED) is 0.713. The summed E-state index contributed by atoms with van der Waals surface area (Å²) < 4.78 is 0. The van der Waals surface area contributed by atoms with E-state index in [-0.39, 0.29) is 11.4 Å². The first-order chi connectivity index (χ1) is 6.23. The molecule has 1 rings (SSSR count). The molecule has 0 aromatic heterocycles. The molecule has 0 saturated carbocycles. The lowest BCUT2D eigenvalue weighted by atomic mass is 10.1. The van der Waals surface area contributed by atoms with Crippen LogP contribution in [0, 0.1) is 0 Å². The van der Waals surface area contributed by atoms with Crippen molar-refractivity contribution in [1.29, 1.82) is 0 Å². The highest BCUT2D eigenvalue weighted by atomic mass is 32.2. The van der Waals surface area contributed by atoms with Crippen molar-refractivity contribution in [2.45, 2.75) is 38.8 Å². The SMILES string of the molecule is CC1(C)CSC(NC(C)(C)C(N)=O)=N1. The molecule has 80 valence electrons. The maximum atomic E-state index is 11.1. The Balaban J connectivity index is 2.67. The molecular formula is C9H17N3OS. The molecule has 0 radical (unpaired) electrons. The second-order valence-electron chi connectivity index (χ2n) is 4.63. The van der Waals surface area contributed by atoms with Crippen molar-refractivity contribution in [3.8, 4) is 0 Å². The van der Waals surface area contributed by atoms with Gasteiger partial charge in [-0.1, -0.05) is 11.8 Å². The first kappa shape index (κ1) is 11.4. The number of nitrogens with two attached hydrogens (primary N) is 1. The predicted octanol–water partition coefficient (Wildman–Crippen LogP) is 0.721. The molecule has 0 fully saturated rings. The average molecular weight is 215 g/mol. The number of carbonyl (C=O) groups is 1. The molecule has 0 aromatic carbocycles. The summed E-state index contributed by atoms with van der Waals surface area (Å²) in [4.78, 5) is 15.5. The summed E-state index contributed by atoms with van der Waals surface area (Å²) in [6.45, 7) is 7.63. The van der Waals surface area contributed by atoms with Gasteiger partial charge in [0.1, 0.15) is 5.54 Å². The van der Waals surface area contributed by atoms with Crippen LogP contribution in [0.5, 0.6) is 0 Å². The largest absolute Gasteiger partial charge is 0.368 e. The van der Waals surface area contributed by atoms with Gasteiger partial charge in [-0.2, -0.15) is 0 Å². The average Bonchev–Trinajstić information content (AvgIpc) is 2.28. The van der Waals surface area contributed by atoms with Crippen LogP contribution in [0.1, 0.15) is 27.7 Å². The van der Waals surface area contributed by atoms with E-state index in [1.54, 1.807) is 25.6 Å². The number of hydrogen-bond acceptors (Lipinski definition) is 4. The van der Waals surface area contributed by atoms with Crippen LogP contribution in [0.4, 0.5) is 0 Å². The maximum Gasteiger partial charge on any atom is 0.242 e. The fraction of sp³-hybridized carbons (Fsp3) is 0.778. The molecule has 14 heavy (non-hydrogen) atoms. The normalized spacial score (nSPS) is 20.4. The molecule has 0 aromatic rings. The van der Waals surface area contributed by atoms with Crippen LogP contribution in [0.15, 0.2) is 4.99 Å². The third-order valence-electron chi connectivity index (χ3n) is 2.00. The standard InChI is InChI=1S/C9H17N3OS/c1-8(2)5-14-7(11-8)12-9(3,4)6(10)13/h5H2,1-4H3,(H2,10,13)(H,11,12). The van der Waals surface area contributed by atoms with Crippen molar-refractivity contribution in [3.63, 3.8) is 0 Å². The Morgan fingerprint density at radius 1 is 1.64 bits per heavy atom. The predicted molar refractivity (Wildman–Crippen MR) is 60.4 cm³/mol. The van der Waals surface area contributed by atoms with Gasteiger partial charge in [0.15, 0.2) is 5.17 Å². The van der Waals surface area contributed by atoms with Crippen LogP contribution >= 0.6 is 11.8 Å². The molecule has 1 heterocycles. The van der Waals surface area contributed by atoms with Gasteiger partial charge in [-0.25, -0.2) is 0 Å².